The van der Waals surface area contributed by atoms with Gasteiger partial charge in [-0.1, -0.05) is 78.9 Å². The van der Waals surface area contributed by atoms with E-state index in [0.717, 1.165) is 27.7 Å². The maximum atomic E-state index is 13.4. The molecule has 0 saturated carbocycles. The second-order valence-corrected chi connectivity index (χ2v) is 10.5. The van der Waals surface area contributed by atoms with E-state index >= 15 is 0 Å². The first-order valence-electron chi connectivity index (χ1n) is 14.2. The first kappa shape index (κ1) is 29.2. The zero-order valence-electron chi connectivity index (χ0n) is 24.0. The Hall–Kier alpha value is -5.30. The molecule has 0 aliphatic heterocycles. The van der Waals surface area contributed by atoms with Gasteiger partial charge in [-0.05, 0) is 78.2 Å². The number of hydrogen-bond acceptors (Lipinski definition) is 4. The zero-order valence-corrected chi connectivity index (χ0v) is 24.0. The highest BCUT2D eigenvalue weighted by atomic mass is 16.5. The van der Waals surface area contributed by atoms with Crippen molar-refractivity contribution in [3.63, 3.8) is 0 Å². The van der Waals surface area contributed by atoms with Crippen molar-refractivity contribution in [2.24, 2.45) is 0 Å². The molecule has 43 heavy (non-hydrogen) atoms. The molecule has 0 saturated heterocycles. The normalized spacial score (nSPS) is 12.2. The Morgan fingerprint density at radius 1 is 0.767 bits per heavy atom. The molecule has 0 aliphatic carbocycles. The van der Waals surface area contributed by atoms with Crippen LogP contribution in [0.3, 0.4) is 0 Å². The minimum Gasteiger partial charge on any atom is -0.494 e. The smallest absolute Gasteiger partial charge is 0.348 e. The fourth-order valence-corrected chi connectivity index (χ4v) is 4.82. The average molecular weight is 575 g/mol. The van der Waals surface area contributed by atoms with E-state index in [2.05, 4.69) is 5.32 Å². The van der Waals surface area contributed by atoms with Crippen LogP contribution < -0.4 is 19.7 Å². The molecule has 0 bridgehead atoms. The van der Waals surface area contributed by atoms with Crippen LogP contribution in [0, 0.1) is 0 Å². The molecule has 218 valence electrons. The summed E-state index contributed by atoms with van der Waals surface area (Å²) in [6.07, 6.45) is 0.791. The molecule has 0 spiro atoms. The van der Waals surface area contributed by atoms with E-state index in [4.69, 9.17) is 9.47 Å². The van der Waals surface area contributed by atoms with Gasteiger partial charge in [0.05, 0.1) is 6.61 Å². The predicted molar refractivity (Wildman–Crippen MR) is 170 cm³/mol. The first-order chi connectivity index (χ1) is 20.9. The van der Waals surface area contributed by atoms with Crippen LogP contribution in [-0.2, 0) is 11.2 Å². The molecule has 0 fully saturated rings. The van der Waals surface area contributed by atoms with E-state index in [9.17, 15) is 14.7 Å². The SMILES string of the molecule is C[C@](Cc1ccc(OCCCN(C(=O)Nc2ccc3ccccc3c2)c2ccccc2)cc1)(Oc1ccccc1)C(=O)O. The van der Waals surface area contributed by atoms with Gasteiger partial charge in [0.1, 0.15) is 11.5 Å². The number of amides is 2. The van der Waals surface area contributed by atoms with Crippen LogP contribution in [0.1, 0.15) is 18.9 Å². The van der Waals surface area contributed by atoms with Gasteiger partial charge in [0.2, 0.25) is 5.60 Å². The highest BCUT2D eigenvalue weighted by Crippen LogP contribution is 2.25. The Morgan fingerprint density at radius 3 is 2.12 bits per heavy atom. The summed E-state index contributed by atoms with van der Waals surface area (Å²) in [5.74, 6) is 0.128. The summed E-state index contributed by atoms with van der Waals surface area (Å²) in [5.41, 5.74) is 0.921. The third-order valence-electron chi connectivity index (χ3n) is 7.11. The number of hydrogen-bond donors (Lipinski definition) is 2. The average Bonchev–Trinajstić information content (AvgIpc) is 3.02. The third-order valence-corrected chi connectivity index (χ3v) is 7.11. The molecule has 7 heteroatoms. The molecular formula is C36H34N2O5. The number of benzene rings is 5. The van der Waals surface area contributed by atoms with Gasteiger partial charge in [-0.15, -0.1) is 0 Å². The van der Waals surface area contributed by atoms with Crippen molar-refractivity contribution >= 4 is 34.1 Å². The molecule has 5 rings (SSSR count). The largest absolute Gasteiger partial charge is 0.494 e. The van der Waals surface area contributed by atoms with Crippen LogP contribution in [0.4, 0.5) is 16.2 Å². The summed E-state index contributed by atoms with van der Waals surface area (Å²) in [5, 5.41) is 15.1. The number of urea groups is 1. The fraction of sp³-hybridized carbons (Fsp3) is 0.167. The minimum absolute atomic E-state index is 0.190. The van der Waals surface area contributed by atoms with Crippen LogP contribution in [0.5, 0.6) is 11.5 Å². The molecule has 5 aromatic rings. The van der Waals surface area contributed by atoms with E-state index in [1.54, 1.807) is 36.1 Å². The summed E-state index contributed by atoms with van der Waals surface area (Å²) in [6, 6.07) is 39.5. The summed E-state index contributed by atoms with van der Waals surface area (Å²) in [4.78, 5) is 27.1. The number of fused-ring (bicyclic) bond motifs is 1. The second kappa shape index (κ2) is 13.6. The highest BCUT2D eigenvalue weighted by molar-refractivity contribution is 6.02. The standard InChI is InChI=1S/C36H34N2O5/c1-36(34(39)40,43-33-15-6-3-7-16-33)26-27-17-21-32(22-18-27)42-24-10-23-38(31-13-4-2-5-14-31)35(41)37-30-20-19-28-11-8-9-12-29(28)25-30/h2-9,11-22,25H,10,23-24,26H2,1H3,(H,37,41)(H,39,40)/t36-/m1/s1. The number of carbonyl (C=O) groups is 2. The Morgan fingerprint density at radius 2 is 1.42 bits per heavy atom. The van der Waals surface area contributed by atoms with Crippen LogP contribution in [0.2, 0.25) is 0 Å². The third kappa shape index (κ3) is 7.71. The predicted octanol–water partition coefficient (Wildman–Crippen LogP) is 7.81. The van der Waals surface area contributed by atoms with E-state index in [1.165, 1.54) is 0 Å². The topological polar surface area (TPSA) is 88.1 Å². The maximum Gasteiger partial charge on any atom is 0.348 e. The molecule has 5 aromatic carbocycles. The Bertz CT molecular complexity index is 1660. The number of ether oxygens (including phenoxy) is 2. The molecule has 2 amide bonds. The van der Waals surface area contributed by atoms with Gasteiger partial charge in [-0.25, -0.2) is 9.59 Å². The Labute approximate surface area is 251 Å². The molecule has 0 aromatic heterocycles. The fourth-order valence-electron chi connectivity index (χ4n) is 4.82. The van der Waals surface area contributed by atoms with Crippen LogP contribution in [0.25, 0.3) is 10.8 Å². The maximum absolute atomic E-state index is 13.4. The summed E-state index contributed by atoms with van der Waals surface area (Å²) < 4.78 is 11.8. The highest BCUT2D eigenvalue weighted by Gasteiger charge is 2.36. The van der Waals surface area contributed by atoms with Crippen molar-refractivity contribution in [1.82, 2.24) is 0 Å². The van der Waals surface area contributed by atoms with E-state index in [1.807, 2.05) is 103 Å². The minimum atomic E-state index is -1.42. The molecular weight excluding hydrogens is 540 g/mol. The lowest BCUT2D eigenvalue weighted by molar-refractivity contribution is -0.153. The van der Waals surface area contributed by atoms with Crippen LogP contribution >= 0.6 is 0 Å². The van der Waals surface area contributed by atoms with Gasteiger partial charge >= 0.3 is 12.0 Å². The van der Waals surface area contributed by atoms with Gasteiger partial charge < -0.3 is 19.9 Å². The number of para-hydroxylation sites is 2. The van der Waals surface area contributed by atoms with Crippen molar-refractivity contribution in [2.75, 3.05) is 23.4 Å². The number of aliphatic carboxylic acids is 1. The Kier molecular flexibility index (Phi) is 9.22. The lowest BCUT2D eigenvalue weighted by Crippen LogP contribution is -2.43. The van der Waals surface area contributed by atoms with E-state index in [-0.39, 0.29) is 12.5 Å². The van der Waals surface area contributed by atoms with Crippen LogP contribution in [-0.4, -0.2) is 35.9 Å². The molecule has 0 aliphatic rings. The van der Waals surface area contributed by atoms with Crippen molar-refractivity contribution in [3.8, 4) is 11.5 Å². The zero-order chi connectivity index (χ0) is 30.1. The molecule has 7 nitrogen and oxygen atoms in total. The lowest BCUT2D eigenvalue weighted by atomic mass is 9.96. The van der Waals surface area contributed by atoms with Gasteiger partial charge in [-0.3, -0.25) is 4.90 Å². The number of carboxylic acid groups (broad SMARTS) is 1. The van der Waals surface area contributed by atoms with Gasteiger partial charge in [-0.2, -0.15) is 0 Å². The van der Waals surface area contributed by atoms with Crippen molar-refractivity contribution in [2.45, 2.75) is 25.4 Å². The van der Waals surface area contributed by atoms with Crippen molar-refractivity contribution in [3.05, 3.63) is 133 Å². The second-order valence-electron chi connectivity index (χ2n) is 10.5. The van der Waals surface area contributed by atoms with Gasteiger partial charge in [0.15, 0.2) is 0 Å². The number of nitrogens with one attached hydrogen (secondary N) is 1. The van der Waals surface area contributed by atoms with Gasteiger partial charge in [0, 0.05) is 24.3 Å². The van der Waals surface area contributed by atoms with Crippen molar-refractivity contribution in [1.29, 1.82) is 0 Å². The monoisotopic (exact) mass is 574 g/mol. The number of carbonyl (C=O) groups excluding carboxylic acids is 1. The van der Waals surface area contributed by atoms with E-state index in [0.29, 0.717) is 31.1 Å². The van der Waals surface area contributed by atoms with Crippen molar-refractivity contribution < 1.29 is 24.2 Å². The number of carboxylic acids is 1. The molecule has 0 heterocycles. The number of rotatable bonds is 12. The molecule has 1 atom stereocenters. The number of nitrogens with zero attached hydrogens (tertiary/aromatic N) is 1. The molecule has 0 radical (unpaired) electrons. The summed E-state index contributed by atoms with van der Waals surface area (Å²) in [7, 11) is 0. The lowest BCUT2D eigenvalue weighted by Gasteiger charge is -2.26. The number of anilines is 2. The van der Waals surface area contributed by atoms with E-state index < -0.39 is 11.6 Å². The van der Waals surface area contributed by atoms with Gasteiger partial charge in [0.25, 0.3) is 0 Å². The van der Waals surface area contributed by atoms with Crippen LogP contribution in [0.15, 0.2) is 127 Å². The Balaban J connectivity index is 1.17. The summed E-state index contributed by atoms with van der Waals surface area (Å²) in [6.45, 7) is 2.42. The first-order valence-corrected chi connectivity index (χ1v) is 14.2. The summed E-state index contributed by atoms with van der Waals surface area (Å²) >= 11 is 0. The molecule has 0 unspecified atom stereocenters. The quantitative estimate of drug-likeness (QED) is 0.148. The molecule has 2 N–H and O–H groups in total.